The van der Waals surface area contributed by atoms with E-state index in [-0.39, 0.29) is 0 Å². The van der Waals surface area contributed by atoms with Crippen molar-refractivity contribution in [2.75, 3.05) is 0 Å². The standard InChI is InChI=1S/C17H19N3/c1-13-11-15(9-10-18-13)7-8-16-12-20(14(2)19-16)17-5-3-4-6-17/h9-12,17H,3-6H2,1-2H3. The molecule has 0 N–H and O–H groups in total. The van der Waals surface area contributed by atoms with E-state index < -0.39 is 0 Å². The van der Waals surface area contributed by atoms with Crippen LogP contribution in [-0.2, 0) is 0 Å². The first-order chi connectivity index (χ1) is 9.72. The Morgan fingerprint density at radius 2 is 2.00 bits per heavy atom. The van der Waals surface area contributed by atoms with Gasteiger partial charge in [0.25, 0.3) is 0 Å². The van der Waals surface area contributed by atoms with E-state index >= 15 is 0 Å². The van der Waals surface area contributed by atoms with Crippen molar-refractivity contribution in [1.29, 1.82) is 0 Å². The molecule has 0 amide bonds. The third-order valence-electron chi connectivity index (χ3n) is 3.87. The SMILES string of the molecule is Cc1cc(C#Cc2cn(C3CCCC3)c(C)n2)ccn1. The normalized spacial score (nSPS) is 15.1. The van der Waals surface area contributed by atoms with Crippen LogP contribution in [0.3, 0.4) is 0 Å². The van der Waals surface area contributed by atoms with Crippen molar-refractivity contribution in [1.82, 2.24) is 14.5 Å². The van der Waals surface area contributed by atoms with Crippen molar-refractivity contribution < 1.29 is 0 Å². The van der Waals surface area contributed by atoms with Gasteiger partial charge < -0.3 is 4.57 Å². The first-order valence-electron chi connectivity index (χ1n) is 7.22. The first-order valence-corrected chi connectivity index (χ1v) is 7.22. The lowest BCUT2D eigenvalue weighted by molar-refractivity contribution is 0.506. The Bertz CT molecular complexity index is 667. The van der Waals surface area contributed by atoms with Crippen molar-refractivity contribution in [2.24, 2.45) is 0 Å². The molecule has 0 bridgehead atoms. The fourth-order valence-corrected chi connectivity index (χ4v) is 2.86. The van der Waals surface area contributed by atoms with Crippen LogP contribution in [0.1, 0.15) is 54.5 Å². The number of rotatable bonds is 1. The molecule has 0 aliphatic heterocycles. The van der Waals surface area contributed by atoms with Crippen LogP contribution in [0, 0.1) is 25.7 Å². The summed E-state index contributed by atoms with van der Waals surface area (Å²) in [4.78, 5) is 8.74. The largest absolute Gasteiger partial charge is 0.331 e. The average molecular weight is 265 g/mol. The lowest BCUT2D eigenvalue weighted by Gasteiger charge is -2.11. The minimum Gasteiger partial charge on any atom is -0.331 e. The molecule has 0 atom stereocenters. The topological polar surface area (TPSA) is 30.7 Å². The van der Waals surface area contributed by atoms with E-state index in [0.717, 1.165) is 22.8 Å². The quantitative estimate of drug-likeness (QED) is 0.740. The predicted molar refractivity (Wildman–Crippen MR) is 79.4 cm³/mol. The smallest absolute Gasteiger partial charge is 0.131 e. The summed E-state index contributed by atoms with van der Waals surface area (Å²) in [5, 5.41) is 0. The summed E-state index contributed by atoms with van der Waals surface area (Å²) in [6.45, 7) is 4.05. The highest BCUT2D eigenvalue weighted by Gasteiger charge is 2.18. The van der Waals surface area contributed by atoms with Crippen LogP contribution in [0.25, 0.3) is 0 Å². The molecule has 3 nitrogen and oxygen atoms in total. The van der Waals surface area contributed by atoms with Gasteiger partial charge in [0.2, 0.25) is 0 Å². The number of pyridine rings is 1. The zero-order chi connectivity index (χ0) is 13.9. The highest BCUT2D eigenvalue weighted by Crippen LogP contribution is 2.30. The molecule has 20 heavy (non-hydrogen) atoms. The number of hydrogen-bond acceptors (Lipinski definition) is 2. The van der Waals surface area contributed by atoms with E-state index in [4.69, 9.17) is 0 Å². The molecule has 0 saturated heterocycles. The molecule has 3 rings (SSSR count). The van der Waals surface area contributed by atoms with Crippen molar-refractivity contribution >= 4 is 0 Å². The molecule has 1 saturated carbocycles. The Labute approximate surface area is 120 Å². The molecule has 1 aliphatic rings. The van der Waals surface area contributed by atoms with E-state index in [0.29, 0.717) is 6.04 Å². The van der Waals surface area contributed by atoms with Crippen LogP contribution in [0.5, 0.6) is 0 Å². The number of aromatic nitrogens is 3. The van der Waals surface area contributed by atoms with Gasteiger partial charge >= 0.3 is 0 Å². The molecule has 2 aromatic rings. The van der Waals surface area contributed by atoms with Crippen LogP contribution in [0.2, 0.25) is 0 Å². The van der Waals surface area contributed by atoms with Gasteiger partial charge in [-0.2, -0.15) is 0 Å². The van der Waals surface area contributed by atoms with Crippen molar-refractivity contribution in [2.45, 2.75) is 45.6 Å². The molecule has 102 valence electrons. The molecular formula is C17H19N3. The summed E-state index contributed by atoms with van der Waals surface area (Å²) < 4.78 is 2.30. The Kier molecular flexibility index (Phi) is 3.56. The van der Waals surface area contributed by atoms with Crippen molar-refractivity contribution in [3.63, 3.8) is 0 Å². The zero-order valence-electron chi connectivity index (χ0n) is 12.1. The summed E-state index contributed by atoms with van der Waals surface area (Å²) >= 11 is 0. The molecular weight excluding hydrogens is 246 g/mol. The van der Waals surface area contributed by atoms with Gasteiger partial charge in [-0.3, -0.25) is 4.98 Å². The lowest BCUT2D eigenvalue weighted by Crippen LogP contribution is -2.04. The molecule has 2 heterocycles. The highest BCUT2D eigenvalue weighted by atomic mass is 15.1. The van der Waals surface area contributed by atoms with Crippen LogP contribution >= 0.6 is 0 Å². The number of aryl methyl sites for hydroxylation is 2. The average Bonchev–Trinajstić information content (AvgIpc) is 3.05. The fourth-order valence-electron chi connectivity index (χ4n) is 2.86. The van der Waals surface area contributed by atoms with Gasteiger partial charge in [0.15, 0.2) is 0 Å². The summed E-state index contributed by atoms with van der Waals surface area (Å²) in [5.41, 5.74) is 2.85. The van der Waals surface area contributed by atoms with Gasteiger partial charge in [-0.15, -0.1) is 0 Å². The summed E-state index contributed by atoms with van der Waals surface area (Å²) in [6, 6.07) is 4.55. The van der Waals surface area contributed by atoms with E-state index in [1.165, 1.54) is 25.7 Å². The van der Waals surface area contributed by atoms with Crippen LogP contribution in [0.15, 0.2) is 24.5 Å². The predicted octanol–water partition coefficient (Wildman–Crippen LogP) is 3.41. The van der Waals surface area contributed by atoms with Gasteiger partial charge in [-0.05, 0) is 44.7 Å². The Morgan fingerprint density at radius 3 is 2.75 bits per heavy atom. The third kappa shape index (κ3) is 2.75. The maximum atomic E-state index is 4.57. The molecule has 0 aromatic carbocycles. The molecule has 0 unspecified atom stereocenters. The molecule has 0 radical (unpaired) electrons. The van der Waals surface area contributed by atoms with Crippen molar-refractivity contribution in [3.05, 3.63) is 47.3 Å². The Hall–Kier alpha value is -2.08. The summed E-state index contributed by atoms with van der Waals surface area (Å²) in [5.74, 6) is 7.41. The molecule has 1 fully saturated rings. The maximum Gasteiger partial charge on any atom is 0.131 e. The number of hydrogen-bond donors (Lipinski definition) is 0. The van der Waals surface area contributed by atoms with Crippen LogP contribution < -0.4 is 0 Å². The Balaban J connectivity index is 1.83. The lowest BCUT2D eigenvalue weighted by atomic mass is 10.2. The fraction of sp³-hybridized carbons (Fsp3) is 0.412. The zero-order valence-corrected chi connectivity index (χ0v) is 12.1. The number of nitrogens with zero attached hydrogens (tertiary/aromatic N) is 3. The van der Waals surface area contributed by atoms with Crippen molar-refractivity contribution in [3.8, 4) is 11.8 Å². The van der Waals surface area contributed by atoms with Gasteiger partial charge in [-0.25, -0.2) is 4.98 Å². The van der Waals surface area contributed by atoms with E-state index in [2.05, 4.69) is 39.5 Å². The summed E-state index contributed by atoms with van der Waals surface area (Å²) in [7, 11) is 0. The van der Waals surface area contributed by atoms with Gasteiger partial charge in [0, 0.05) is 29.7 Å². The van der Waals surface area contributed by atoms with Crippen LogP contribution in [-0.4, -0.2) is 14.5 Å². The molecule has 0 spiro atoms. The van der Waals surface area contributed by atoms with Crippen LogP contribution in [0.4, 0.5) is 0 Å². The second-order valence-corrected chi connectivity index (χ2v) is 5.45. The van der Waals surface area contributed by atoms with E-state index in [1.807, 2.05) is 19.1 Å². The van der Waals surface area contributed by atoms with E-state index in [1.54, 1.807) is 6.20 Å². The third-order valence-corrected chi connectivity index (χ3v) is 3.87. The van der Waals surface area contributed by atoms with Gasteiger partial charge in [0.05, 0.1) is 0 Å². The van der Waals surface area contributed by atoms with Gasteiger partial charge in [0.1, 0.15) is 11.5 Å². The molecule has 1 aliphatic carbocycles. The second kappa shape index (κ2) is 5.50. The molecule has 2 aromatic heterocycles. The monoisotopic (exact) mass is 265 g/mol. The van der Waals surface area contributed by atoms with E-state index in [9.17, 15) is 0 Å². The second-order valence-electron chi connectivity index (χ2n) is 5.45. The first kappa shape index (κ1) is 12.9. The Morgan fingerprint density at radius 1 is 1.20 bits per heavy atom. The minimum absolute atomic E-state index is 0.626. The highest BCUT2D eigenvalue weighted by molar-refractivity contribution is 5.39. The maximum absolute atomic E-state index is 4.57. The van der Waals surface area contributed by atoms with Gasteiger partial charge in [-0.1, -0.05) is 18.8 Å². The molecule has 3 heteroatoms. The summed E-state index contributed by atoms with van der Waals surface area (Å²) in [6.07, 6.45) is 9.11. The minimum atomic E-state index is 0.626. The number of imidazole rings is 1.